The molecular formula is C13H19N3O5. The highest BCUT2D eigenvalue weighted by atomic mass is 16.7. The topological polar surface area (TPSA) is 103 Å². The molecular weight excluding hydrogens is 278 g/mol. The van der Waals surface area contributed by atoms with Crippen LogP contribution in [0.2, 0.25) is 0 Å². The molecule has 0 spiro atoms. The number of rotatable bonds is 6. The van der Waals surface area contributed by atoms with Crippen LogP contribution in [0.1, 0.15) is 20.8 Å². The predicted molar refractivity (Wildman–Crippen MR) is 76.9 cm³/mol. The second-order valence-corrected chi connectivity index (χ2v) is 5.18. The van der Waals surface area contributed by atoms with E-state index in [4.69, 9.17) is 9.57 Å². The molecule has 0 aromatic heterocycles. The molecule has 0 heterocycles. The van der Waals surface area contributed by atoms with E-state index in [1.165, 1.54) is 12.1 Å². The van der Waals surface area contributed by atoms with Crippen molar-refractivity contribution in [3.63, 3.8) is 0 Å². The number of hydroxylamine groups is 1. The number of nitrogens with zero attached hydrogens (tertiary/aromatic N) is 1. The molecule has 0 aliphatic carbocycles. The summed E-state index contributed by atoms with van der Waals surface area (Å²) in [6, 6.07) is 6.00. The fraction of sp³-hybridized carbons (Fsp3) is 0.462. The van der Waals surface area contributed by atoms with Crippen molar-refractivity contribution in [1.82, 2.24) is 5.48 Å². The molecule has 2 N–H and O–H groups in total. The molecule has 0 atom stereocenters. The van der Waals surface area contributed by atoms with Gasteiger partial charge in [-0.15, -0.1) is 0 Å². The van der Waals surface area contributed by atoms with Crippen LogP contribution in [0.25, 0.3) is 0 Å². The van der Waals surface area contributed by atoms with Crippen LogP contribution in [-0.2, 0) is 9.57 Å². The second kappa shape index (κ2) is 7.44. The zero-order valence-corrected chi connectivity index (χ0v) is 12.2. The molecule has 8 heteroatoms. The quantitative estimate of drug-likeness (QED) is 0.475. The van der Waals surface area contributed by atoms with Crippen molar-refractivity contribution < 1.29 is 19.3 Å². The van der Waals surface area contributed by atoms with E-state index < -0.39 is 16.6 Å². The number of amides is 1. The van der Waals surface area contributed by atoms with Gasteiger partial charge >= 0.3 is 6.09 Å². The molecule has 1 amide bonds. The number of ether oxygens (including phenoxy) is 1. The van der Waals surface area contributed by atoms with Gasteiger partial charge in [0, 0.05) is 24.4 Å². The van der Waals surface area contributed by atoms with Crippen molar-refractivity contribution >= 4 is 17.5 Å². The maximum Gasteiger partial charge on any atom is 0.431 e. The molecule has 1 rings (SSSR count). The van der Waals surface area contributed by atoms with E-state index in [1.54, 1.807) is 32.9 Å². The van der Waals surface area contributed by atoms with Gasteiger partial charge in [0.15, 0.2) is 0 Å². The average Bonchev–Trinajstić information content (AvgIpc) is 2.36. The molecule has 0 bridgehead atoms. The Morgan fingerprint density at radius 3 is 2.43 bits per heavy atom. The number of carbonyl (C=O) groups excluding carboxylic acids is 1. The van der Waals surface area contributed by atoms with E-state index in [1.807, 2.05) is 0 Å². The summed E-state index contributed by atoms with van der Waals surface area (Å²) >= 11 is 0. The van der Waals surface area contributed by atoms with Crippen LogP contribution in [0.5, 0.6) is 0 Å². The molecule has 0 fully saturated rings. The Labute approximate surface area is 122 Å². The highest BCUT2D eigenvalue weighted by Crippen LogP contribution is 2.14. The number of benzene rings is 1. The third-order valence-corrected chi connectivity index (χ3v) is 2.17. The SMILES string of the molecule is CC(C)(C)OC(=O)NOCCNc1ccc([N+](=O)[O-])cc1. The van der Waals surface area contributed by atoms with Gasteiger partial charge in [0.25, 0.3) is 5.69 Å². The van der Waals surface area contributed by atoms with Crippen molar-refractivity contribution in [2.45, 2.75) is 26.4 Å². The smallest absolute Gasteiger partial charge is 0.431 e. The van der Waals surface area contributed by atoms with E-state index in [0.717, 1.165) is 5.69 Å². The Hall–Kier alpha value is -2.35. The standard InChI is InChI=1S/C13H19N3O5/c1-13(2,3)21-12(17)15-20-9-8-14-10-4-6-11(7-5-10)16(18)19/h4-7,14H,8-9H2,1-3H3,(H,15,17). The normalized spacial score (nSPS) is 10.8. The molecule has 0 saturated heterocycles. The molecule has 0 saturated carbocycles. The van der Waals surface area contributed by atoms with E-state index in [-0.39, 0.29) is 12.3 Å². The first kappa shape index (κ1) is 16.7. The van der Waals surface area contributed by atoms with Crippen molar-refractivity contribution in [2.24, 2.45) is 0 Å². The Kier molecular flexibility index (Phi) is 5.92. The summed E-state index contributed by atoms with van der Waals surface area (Å²) in [7, 11) is 0. The number of nitro groups is 1. The number of hydrogen-bond acceptors (Lipinski definition) is 6. The first-order valence-corrected chi connectivity index (χ1v) is 6.37. The Morgan fingerprint density at radius 2 is 1.90 bits per heavy atom. The minimum atomic E-state index is -0.655. The molecule has 21 heavy (non-hydrogen) atoms. The van der Waals surface area contributed by atoms with Crippen LogP contribution in [0.4, 0.5) is 16.2 Å². The molecule has 116 valence electrons. The van der Waals surface area contributed by atoms with Gasteiger partial charge in [-0.25, -0.2) is 4.79 Å². The Balaban J connectivity index is 2.19. The average molecular weight is 297 g/mol. The largest absolute Gasteiger partial charge is 0.442 e. The molecule has 1 aromatic carbocycles. The molecule has 0 aliphatic heterocycles. The van der Waals surface area contributed by atoms with Gasteiger partial charge in [0.1, 0.15) is 5.60 Å². The van der Waals surface area contributed by atoms with Gasteiger partial charge < -0.3 is 10.1 Å². The monoisotopic (exact) mass is 297 g/mol. The zero-order chi connectivity index (χ0) is 15.9. The fourth-order valence-electron chi connectivity index (χ4n) is 1.36. The van der Waals surface area contributed by atoms with E-state index in [9.17, 15) is 14.9 Å². The van der Waals surface area contributed by atoms with Gasteiger partial charge in [-0.2, -0.15) is 5.48 Å². The van der Waals surface area contributed by atoms with Crippen molar-refractivity contribution in [3.05, 3.63) is 34.4 Å². The van der Waals surface area contributed by atoms with Gasteiger partial charge in [-0.3, -0.25) is 15.0 Å². The van der Waals surface area contributed by atoms with Gasteiger partial charge in [0.2, 0.25) is 0 Å². The molecule has 8 nitrogen and oxygen atoms in total. The first-order chi connectivity index (χ1) is 9.78. The summed E-state index contributed by atoms with van der Waals surface area (Å²) in [6.07, 6.45) is -0.655. The van der Waals surface area contributed by atoms with Crippen LogP contribution in [-0.4, -0.2) is 29.8 Å². The van der Waals surface area contributed by atoms with Gasteiger partial charge in [-0.1, -0.05) is 0 Å². The summed E-state index contributed by atoms with van der Waals surface area (Å²) in [4.78, 5) is 26.2. The summed E-state index contributed by atoms with van der Waals surface area (Å²) in [6.45, 7) is 5.90. The number of anilines is 1. The number of carbonyl (C=O) groups is 1. The third kappa shape index (κ3) is 7.11. The highest BCUT2D eigenvalue weighted by molar-refractivity contribution is 5.66. The summed E-state index contributed by atoms with van der Waals surface area (Å²) in [5, 5.41) is 13.5. The molecule has 0 radical (unpaired) electrons. The minimum Gasteiger partial charge on any atom is -0.442 e. The van der Waals surface area contributed by atoms with E-state index >= 15 is 0 Å². The fourth-order valence-corrected chi connectivity index (χ4v) is 1.36. The van der Waals surface area contributed by atoms with Crippen LogP contribution in [0.15, 0.2) is 24.3 Å². The summed E-state index contributed by atoms with van der Waals surface area (Å²) in [5.41, 5.74) is 2.33. The number of nitrogens with one attached hydrogen (secondary N) is 2. The maximum atomic E-state index is 11.3. The van der Waals surface area contributed by atoms with E-state index in [2.05, 4.69) is 10.8 Å². The highest BCUT2D eigenvalue weighted by Gasteiger charge is 2.15. The first-order valence-electron chi connectivity index (χ1n) is 6.37. The second-order valence-electron chi connectivity index (χ2n) is 5.18. The molecule has 0 aliphatic rings. The van der Waals surface area contributed by atoms with Gasteiger partial charge in [-0.05, 0) is 32.9 Å². The van der Waals surface area contributed by atoms with Gasteiger partial charge in [0.05, 0.1) is 11.5 Å². The maximum absolute atomic E-state index is 11.3. The summed E-state index contributed by atoms with van der Waals surface area (Å²) < 4.78 is 4.98. The van der Waals surface area contributed by atoms with Crippen LogP contribution < -0.4 is 10.8 Å². The zero-order valence-electron chi connectivity index (χ0n) is 12.2. The lowest BCUT2D eigenvalue weighted by Crippen LogP contribution is -2.33. The lowest BCUT2D eigenvalue weighted by Gasteiger charge is -2.19. The van der Waals surface area contributed by atoms with E-state index in [0.29, 0.717) is 6.54 Å². The molecule has 0 unspecified atom stereocenters. The minimum absolute atomic E-state index is 0.0309. The van der Waals surface area contributed by atoms with Crippen LogP contribution >= 0.6 is 0 Å². The Bertz CT molecular complexity index is 482. The van der Waals surface area contributed by atoms with Crippen LogP contribution in [0, 0.1) is 10.1 Å². The van der Waals surface area contributed by atoms with Crippen molar-refractivity contribution in [1.29, 1.82) is 0 Å². The van der Waals surface area contributed by atoms with Crippen molar-refractivity contribution in [3.8, 4) is 0 Å². The van der Waals surface area contributed by atoms with Crippen LogP contribution in [0.3, 0.4) is 0 Å². The molecule has 1 aromatic rings. The predicted octanol–water partition coefficient (Wildman–Crippen LogP) is 2.46. The lowest BCUT2D eigenvalue weighted by molar-refractivity contribution is -0.384. The number of nitro benzene ring substituents is 1. The number of non-ortho nitro benzene ring substituents is 1. The van der Waals surface area contributed by atoms with Crippen molar-refractivity contribution in [2.75, 3.05) is 18.5 Å². The summed E-state index contributed by atoms with van der Waals surface area (Å²) in [5.74, 6) is 0. The lowest BCUT2D eigenvalue weighted by atomic mass is 10.2. The number of hydrogen-bond donors (Lipinski definition) is 2. The Morgan fingerprint density at radius 1 is 1.29 bits per heavy atom. The third-order valence-electron chi connectivity index (χ3n) is 2.17.